The van der Waals surface area contributed by atoms with Crippen LogP contribution in [0.4, 0.5) is 11.6 Å². The third-order valence-corrected chi connectivity index (χ3v) is 2.69. The van der Waals surface area contributed by atoms with E-state index in [4.69, 9.17) is 10.6 Å². The lowest BCUT2D eigenvalue weighted by Crippen LogP contribution is -2.42. The van der Waals surface area contributed by atoms with Crippen LogP contribution < -0.4 is 16.6 Å². The number of hydrogen-bond acceptors (Lipinski definition) is 7. The lowest BCUT2D eigenvalue weighted by molar-refractivity contribution is 0.133. The number of hydrazine groups is 1. The number of nitrogens with two attached hydrogens (primary N) is 1. The smallest absolute Gasteiger partial charge is 0.158 e. The number of ether oxygens (including phenoxy) is 1. The van der Waals surface area contributed by atoms with Crippen molar-refractivity contribution in [3.8, 4) is 0 Å². The van der Waals surface area contributed by atoms with Gasteiger partial charge in [-0.05, 0) is 20.8 Å². The standard InChI is InChI=1S/C11H21N5O2/c1-7(17)11(2,3)15-8-5-9(16-12)14-10(13-8)6-18-4/h5,7,17H,6,12H2,1-4H3,(H2,13,14,15,16). The van der Waals surface area contributed by atoms with Gasteiger partial charge in [-0.3, -0.25) is 0 Å². The molecule has 0 aliphatic heterocycles. The van der Waals surface area contributed by atoms with Gasteiger partial charge in [0.25, 0.3) is 0 Å². The fourth-order valence-electron chi connectivity index (χ4n) is 1.26. The van der Waals surface area contributed by atoms with Gasteiger partial charge < -0.3 is 20.6 Å². The Kier molecular flexibility index (Phi) is 4.83. The second-order valence-corrected chi connectivity index (χ2v) is 4.65. The summed E-state index contributed by atoms with van der Waals surface area (Å²) in [6, 6.07) is 1.67. The van der Waals surface area contributed by atoms with E-state index in [9.17, 15) is 5.11 Å². The predicted molar refractivity (Wildman–Crippen MR) is 69.9 cm³/mol. The molecule has 0 saturated heterocycles. The molecule has 0 aliphatic carbocycles. The summed E-state index contributed by atoms with van der Waals surface area (Å²) in [4.78, 5) is 8.43. The molecule has 1 heterocycles. The highest BCUT2D eigenvalue weighted by molar-refractivity contribution is 5.48. The molecule has 0 amide bonds. The Labute approximate surface area is 107 Å². The number of hydrogen-bond donors (Lipinski definition) is 4. The second kappa shape index (κ2) is 5.94. The Morgan fingerprint density at radius 3 is 2.56 bits per heavy atom. The molecule has 0 saturated carbocycles. The summed E-state index contributed by atoms with van der Waals surface area (Å²) in [5.41, 5.74) is 1.96. The molecule has 1 aromatic heterocycles. The zero-order valence-electron chi connectivity index (χ0n) is 11.2. The minimum Gasteiger partial charge on any atom is -0.391 e. The second-order valence-electron chi connectivity index (χ2n) is 4.65. The van der Waals surface area contributed by atoms with Crippen LogP contribution in [0.5, 0.6) is 0 Å². The van der Waals surface area contributed by atoms with Crippen LogP contribution in [0.1, 0.15) is 26.6 Å². The number of aliphatic hydroxyl groups excluding tert-OH is 1. The van der Waals surface area contributed by atoms with Crippen molar-refractivity contribution >= 4 is 11.6 Å². The van der Waals surface area contributed by atoms with E-state index in [1.54, 1.807) is 20.1 Å². The molecular weight excluding hydrogens is 234 g/mol. The number of nitrogens with zero attached hydrogens (tertiary/aromatic N) is 2. The van der Waals surface area contributed by atoms with E-state index >= 15 is 0 Å². The zero-order valence-corrected chi connectivity index (χ0v) is 11.2. The third-order valence-electron chi connectivity index (χ3n) is 2.69. The number of methoxy groups -OCH3 is 1. The average Bonchev–Trinajstić information content (AvgIpc) is 2.28. The first-order valence-electron chi connectivity index (χ1n) is 5.69. The molecule has 5 N–H and O–H groups in total. The van der Waals surface area contributed by atoms with Crippen molar-refractivity contribution in [2.45, 2.75) is 39.0 Å². The van der Waals surface area contributed by atoms with E-state index in [1.165, 1.54) is 0 Å². The fourth-order valence-corrected chi connectivity index (χ4v) is 1.26. The molecule has 1 atom stereocenters. The summed E-state index contributed by atoms with van der Waals surface area (Å²) in [5, 5.41) is 12.8. The van der Waals surface area contributed by atoms with Gasteiger partial charge in [-0.25, -0.2) is 15.8 Å². The van der Waals surface area contributed by atoms with Crippen LogP contribution in [-0.2, 0) is 11.3 Å². The molecule has 1 rings (SSSR count). The van der Waals surface area contributed by atoms with E-state index < -0.39 is 11.6 Å². The first-order chi connectivity index (χ1) is 8.39. The summed E-state index contributed by atoms with van der Waals surface area (Å²) >= 11 is 0. The lowest BCUT2D eigenvalue weighted by Gasteiger charge is -2.30. The number of aromatic nitrogens is 2. The van der Waals surface area contributed by atoms with Crippen LogP contribution in [0.2, 0.25) is 0 Å². The summed E-state index contributed by atoms with van der Waals surface area (Å²) in [6.07, 6.45) is -0.535. The number of aliphatic hydroxyl groups is 1. The van der Waals surface area contributed by atoms with Gasteiger partial charge in [0.2, 0.25) is 0 Å². The molecule has 0 fully saturated rings. The molecular formula is C11H21N5O2. The summed E-state index contributed by atoms with van der Waals surface area (Å²) in [5.74, 6) is 6.93. The molecule has 0 radical (unpaired) electrons. The Balaban J connectivity index is 2.97. The highest BCUT2D eigenvalue weighted by atomic mass is 16.5. The molecule has 0 aromatic carbocycles. The normalized spacial score (nSPS) is 13.2. The highest BCUT2D eigenvalue weighted by Gasteiger charge is 2.24. The largest absolute Gasteiger partial charge is 0.391 e. The van der Waals surface area contributed by atoms with Crippen molar-refractivity contribution in [3.05, 3.63) is 11.9 Å². The van der Waals surface area contributed by atoms with E-state index in [0.29, 0.717) is 24.1 Å². The van der Waals surface area contributed by atoms with Crippen molar-refractivity contribution in [2.24, 2.45) is 5.84 Å². The van der Waals surface area contributed by atoms with Crippen molar-refractivity contribution in [1.29, 1.82) is 0 Å². The van der Waals surface area contributed by atoms with Crippen molar-refractivity contribution in [1.82, 2.24) is 9.97 Å². The van der Waals surface area contributed by atoms with Gasteiger partial charge in [0.15, 0.2) is 5.82 Å². The average molecular weight is 255 g/mol. The van der Waals surface area contributed by atoms with Gasteiger partial charge in [-0.15, -0.1) is 0 Å². The van der Waals surface area contributed by atoms with Gasteiger partial charge in [0, 0.05) is 13.2 Å². The van der Waals surface area contributed by atoms with Crippen LogP contribution in [0.3, 0.4) is 0 Å². The number of anilines is 2. The van der Waals surface area contributed by atoms with Crippen molar-refractivity contribution in [2.75, 3.05) is 17.9 Å². The number of nitrogen functional groups attached to an aromatic ring is 1. The predicted octanol–water partition coefficient (Wildman–Crippen LogP) is 0.480. The van der Waals surface area contributed by atoms with E-state index in [-0.39, 0.29) is 0 Å². The molecule has 0 spiro atoms. The monoisotopic (exact) mass is 255 g/mol. The van der Waals surface area contributed by atoms with Crippen LogP contribution >= 0.6 is 0 Å². The van der Waals surface area contributed by atoms with Crippen LogP contribution in [0, 0.1) is 0 Å². The first kappa shape index (κ1) is 14.6. The van der Waals surface area contributed by atoms with Gasteiger partial charge in [-0.2, -0.15) is 0 Å². The lowest BCUT2D eigenvalue weighted by atomic mass is 9.99. The van der Waals surface area contributed by atoms with Gasteiger partial charge in [0.1, 0.15) is 18.2 Å². The SMILES string of the molecule is COCc1nc(NN)cc(NC(C)(C)C(C)O)n1. The maximum atomic E-state index is 9.67. The number of nitrogens with one attached hydrogen (secondary N) is 2. The molecule has 1 unspecified atom stereocenters. The Morgan fingerprint density at radius 1 is 1.44 bits per heavy atom. The molecule has 1 aromatic rings. The first-order valence-corrected chi connectivity index (χ1v) is 5.69. The Hall–Kier alpha value is -1.44. The Bertz CT molecular complexity index is 395. The quantitative estimate of drug-likeness (QED) is 0.433. The molecule has 102 valence electrons. The maximum absolute atomic E-state index is 9.67. The topological polar surface area (TPSA) is 105 Å². The molecule has 0 bridgehead atoms. The van der Waals surface area contributed by atoms with E-state index in [2.05, 4.69) is 20.7 Å². The van der Waals surface area contributed by atoms with E-state index in [1.807, 2.05) is 13.8 Å². The summed E-state index contributed by atoms with van der Waals surface area (Å²) in [6.45, 7) is 5.77. The summed E-state index contributed by atoms with van der Waals surface area (Å²) < 4.78 is 4.99. The third kappa shape index (κ3) is 3.80. The van der Waals surface area contributed by atoms with Crippen molar-refractivity contribution in [3.63, 3.8) is 0 Å². The van der Waals surface area contributed by atoms with Crippen molar-refractivity contribution < 1.29 is 9.84 Å². The molecule has 18 heavy (non-hydrogen) atoms. The summed E-state index contributed by atoms with van der Waals surface area (Å²) in [7, 11) is 1.57. The van der Waals surface area contributed by atoms with Crippen LogP contribution in [-0.4, -0.2) is 33.8 Å². The number of rotatable bonds is 6. The van der Waals surface area contributed by atoms with Gasteiger partial charge in [-0.1, -0.05) is 0 Å². The zero-order chi connectivity index (χ0) is 13.8. The van der Waals surface area contributed by atoms with Crippen LogP contribution in [0.15, 0.2) is 6.07 Å². The molecule has 7 nitrogen and oxygen atoms in total. The van der Waals surface area contributed by atoms with Crippen LogP contribution in [0.25, 0.3) is 0 Å². The van der Waals surface area contributed by atoms with Gasteiger partial charge in [0.05, 0.1) is 11.6 Å². The molecule has 0 aliphatic rings. The fraction of sp³-hybridized carbons (Fsp3) is 0.636. The minimum atomic E-state index is -0.535. The minimum absolute atomic E-state index is 0.291. The molecule has 7 heteroatoms. The maximum Gasteiger partial charge on any atom is 0.158 e. The highest BCUT2D eigenvalue weighted by Crippen LogP contribution is 2.19. The van der Waals surface area contributed by atoms with Gasteiger partial charge >= 0.3 is 0 Å². The van der Waals surface area contributed by atoms with E-state index in [0.717, 1.165) is 0 Å². The Morgan fingerprint density at radius 2 is 2.06 bits per heavy atom.